The molecule has 2 nitrogen and oxygen atoms in total. The highest BCUT2D eigenvalue weighted by atomic mass is 32.1. The number of aryl methyl sites for hydroxylation is 1. The lowest BCUT2D eigenvalue weighted by Gasteiger charge is -2.05. The van der Waals surface area contributed by atoms with Crippen LogP contribution in [0.5, 0.6) is 0 Å². The van der Waals surface area contributed by atoms with Gasteiger partial charge in [0.25, 0.3) is 0 Å². The molecule has 0 spiro atoms. The van der Waals surface area contributed by atoms with E-state index < -0.39 is 6.10 Å². The van der Waals surface area contributed by atoms with Crippen LogP contribution < -0.4 is 0 Å². The molecule has 0 aromatic carbocycles. The van der Waals surface area contributed by atoms with E-state index in [0.29, 0.717) is 11.3 Å². The minimum absolute atomic E-state index is 0.139. The second-order valence-corrected chi connectivity index (χ2v) is 4.37. The number of Topliss-reactive ketones (excluding diaryl/α,β-unsaturated/α-hetero) is 1. The van der Waals surface area contributed by atoms with Crippen molar-refractivity contribution in [3.63, 3.8) is 0 Å². The number of thiophene rings is 1. The van der Waals surface area contributed by atoms with E-state index in [1.54, 1.807) is 6.07 Å². The molecule has 0 aliphatic rings. The molecule has 0 fully saturated rings. The van der Waals surface area contributed by atoms with Crippen LogP contribution in [-0.2, 0) is 0 Å². The van der Waals surface area contributed by atoms with Gasteiger partial charge < -0.3 is 5.11 Å². The molecule has 1 rings (SSSR count). The molecular weight excluding hydrogens is 184 g/mol. The van der Waals surface area contributed by atoms with Crippen molar-refractivity contribution in [1.29, 1.82) is 0 Å². The van der Waals surface area contributed by atoms with Crippen molar-refractivity contribution in [3.8, 4) is 0 Å². The first kappa shape index (κ1) is 10.4. The maximum atomic E-state index is 11.5. The summed E-state index contributed by atoms with van der Waals surface area (Å²) in [5, 5.41) is 9.44. The van der Waals surface area contributed by atoms with Gasteiger partial charge in [0, 0.05) is 4.88 Å². The Labute approximate surface area is 82.2 Å². The maximum absolute atomic E-state index is 11.5. The van der Waals surface area contributed by atoms with Crippen molar-refractivity contribution < 1.29 is 9.90 Å². The third-order valence-electron chi connectivity index (χ3n) is 1.85. The quantitative estimate of drug-likeness (QED) is 0.754. The van der Waals surface area contributed by atoms with Crippen LogP contribution in [0, 0.1) is 6.92 Å². The number of hydrogen-bond acceptors (Lipinski definition) is 3. The molecule has 0 saturated heterocycles. The van der Waals surface area contributed by atoms with Gasteiger partial charge in [0.05, 0.1) is 4.88 Å². The summed E-state index contributed by atoms with van der Waals surface area (Å²) < 4.78 is 0. The average Bonchev–Trinajstić information content (AvgIpc) is 2.51. The summed E-state index contributed by atoms with van der Waals surface area (Å²) in [4.78, 5) is 13.3. The molecule has 1 aromatic heterocycles. The van der Waals surface area contributed by atoms with Crippen molar-refractivity contribution in [2.45, 2.75) is 32.8 Å². The van der Waals surface area contributed by atoms with E-state index in [1.807, 2.05) is 19.9 Å². The van der Waals surface area contributed by atoms with E-state index in [-0.39, 0.29) is 5.78 Å². The molecule has 72 valence electrons. The van der Waals surface area contributed by atoms with Crippen molar-refractivity contribution in [2.24, 2.45) is 0 Å². The van der Waals surface area contributed by atoms with Gasteiger partial charge in [-0.3, -0.25) is 4.79 Å². The predicted octanol–water partition coefficient (Wildman–Crippen LogP) is 2.40. The largest absolute Gasteiger partial charge is 0.385 e. The molecular formula is C10H14O2S. The molecule has 0 aliphatic heterocycles. The Hall–Kier alpha value is -0.670. The number of carbonyl (C=O) groups is 1. The Bertz CT molecular complexity index is 291. The number of carbonyl (C=O) groups excluding carboxylic acids is 1. The van der Waals surface area contributed by atoms with Gasteiger partial charge >= 0.3 is 0 Å². The van der Waals surface area contributed by atoms with Crippen molar-refractivity contribution >= 4 is 17.1 Å². The summed E-state index contributed by atoms with van der Waals surface area (Å²) in [7, 11) is 0. The first-order chi connectivity index (χ1) is 6.15. The Kier molecular flexibility index (Phi) is 3.63. The molecule has 1 aromatic rings. The molecule has 1 heterocycles. The lowest BCUT2D eigenvalue weighted by molar-refractivity contribution is 0.0734. The number of rotatable bonds is 4. The fourth-order valence-corrected chi connectivity index (χ4v) is 1.99. The minimum atomic E-state index is -0.817. The number of hydrogen-bond donors (Lipinski definition) is 1. The van der Waals surface area contributed by atoms with Crippen LogP contribution in [0.15, 0.2) is 12.1 Å². The summed E-state index contributed by atoms with van der Waals surface area (Å²) >= 11 is 1.44. The number of aliphatic hydroxyl groups is 1. The number of ketones is 1. The zero-order valence-electron chi connectivity index (χ0n) is 7.91. The van der Waals surface area contributed by atoms with Crippen LogP contribution in [0.25, 0.3) is 0 Å². The SMILES string of the molecule is CCCC(O)C(=O)c1ccc(C)s1. The summed E-state index contributed by atoms with van der Waals surface area (Å²) in [6.45, 7) is 3.91. The van der Waals surface area contributed by atoms with Gasteiger partial charge in [-0.1, -0.05) is 13.3 Å². The Balaban J connectivity index is 2.67. The van der Waals surface area contributed by atoms with Crippen molar-refractivity contribution in [2.75, 3.05) is 0 Å². The molecule has 0 aliphatic carbocycles. The smallest absolute Gasteiger partial charge is 0.201 e. The van der Waals surface area contributed by atoms with E-state index in [2.05, 4.69) is 0 Å². The average molecular weight is 198 g/mol. The van der Waals surface area contributed by atoms with E-state index in [9.17, 15) is 9.90 Å². The second-order valence-electron chi connectivity index (χ2n) is 3.08. The zero-order chi connectivity index (χ0) is 9.84. The molecule has 0 amide bonds. The van der Waals surface area contributed by atoms with E-state index in [1.165, 1.54) is 11.3 Å². The first-order valence-electron chi connectivity index (χ1n) is 4.44. The van der Waals surface area contributed by atoms with Gasteiger partial charge in [-0.2, -0.15) is 0 Å². The standard InChI is InChI=1S/C10H14O2S/c1-3-4-8(11)10(12)9-6-5-7(2)13-9/h5-6,8,11H,3-4H2,1-2H3. The van der Waals surface area contributed by atoms with E-state index in [0.717, 1.165) is 11.3 Å². The highest BCUT2D eigenvalue weighted by molar-refractivity contribution is 7.14. The first-order valence-corrected chi connectivity index (χ1v) is 5.25. The lowest BCUT2D eigenvalue weighted by Crippen LogP contribution is -2.18. The fraction of sp³-hybridized carbons (Fsp3) is 0.500. The van der Waals surface area contributed by atoms with Crippen LogP contribution in [0.2, 0.25) is 0 Å². The van der Waals surface area contributed by atoms with Crippen molar-refractivity contribution in [1.82, 2.24) is 0 Å². The molecule has 3 heteroatoms. The normalized spacial score (nSPS) is 12.8. The molecule has 0 radical (unpaired) electrons. The monoisotopic (exact) mass is 198 g/mol. The molecule has 0 bridgehead atoms. The summed E-state index contributed by atoms with van der Waals surface area (Å²) in [5.74, 6) is -0.139. The summed E-state index contributed by atoms with van der Waals surface area (Å²) in [6, 6.07) is 3.68. The molecule has 1 N–H and O–H groups in total. The van der Waals surface area contributed by atoms with Gasteiger partial charge in [-0.25, -0.2) is 0 Å². The Morgan fingerprint density at radius 2 is 2.31 bits per heavy atom. The third-order valence-corrected chi connectivity index (χ3v) is 2.86. The zero-order valence-corrected chi connectivity index (χ0v) is 8.73. The fourth-order valence-electron chi connectivity index (χ4n) is 1.14. The van der Waals surface area contributed by atoms with Crippen molar-refractivity contribution in [3.05, 3.63) is 21.9 Å². The van der Waals surface area contributed by atoms with Crippen LogP contribution in [0.4, 0.5) is 0 Å². The topological polar surface area (TPSA) is 37.3 Å². The van der Waals surface area contributed by atoms with Gasteiger partial charge in [0.2, 0.25) is 5.78 Å². The van der Waals surface area contributed by atoms with Crippen LogP contribution in [-0.4, -0.2) is 17.0 Å². The van der Waals surface area contributed by atoms with E-state index in [4.69, 9.17) is 0 Å². The second kappa shape index (κ2) is 4.53. The van der Waals surface area contributed by atoms with Crippen LogP contribution in [0.3, 0.4) is 0 Å². The van der Waals surface area contributed by atoms with Crippen LogP contribution in [0.1, 0.15) is 34.3 Å². The minimum Gasteiger partial charge on any atom is -0.385 e. The molecule has 1 unspecified atom stereocenters. The molecule has 0 saturated carbocycles. The van der Waals surface area contributed by atoms with Crippen LogP contribution >= 0.6 is 11.3 Å². The summed E-state index contributed by atoms with van der Waals surface area (Å²) in [6.07, 6.45) is 0.565. The number of aliphatic hydroxyl groups excluding tert-OH is 1. The summed E-state index contributed by atoms with van der Waals surface area (Å²) in [5.41, 5.74) is 0. The highest BCUT2D eigenvalue weighted by Crippen LogP contribution is 2.18. The van der Waals surface area contributed by atoms with E-state index >= 15 is 0 Å². The molecule has 1 atom stereocenters. The van der Waals surface area contributed by atoms with Gasteiger partial charge in [-0.05, 0) is 25.5 Å². The van der Waals surface area contributed by atoms with Gasteiger partial charge in [0.1, 0.15) is 6.10 Å². The maximum Gasteiger partial charge on any atom is 0.201 e. The lowest BCUT2D eigenvalue weighted by atomic mass is 10.1. The van der Waals surface area contributed by atoms with Gasteiger partial charge in [0.15, 0.2) is 0 Å². The van der Waals surface area contributed by atoms with Gasteiger partial charge in [-0.15, -0.1) is 11.3 Å². The Morgan fingerprint density at radius 1 is 1.62 bits per heavy atom. The predicted molar refractivity (Wildman–Crippen MR) is 54.3 cm³/mol. The highest BCUT2D eigenvalue weighted by Gasteiger charge is 2.17. The Morgan fingerprint density at radius 3 is 2.77 bits per heavy atom. The molecule has 13 heavy (non-hydrogen) atoms. The third kappa shape index (κ3) is 2.64.